The third kappa shape index (κ3) is 3.32. The SMILES string of the molecule is Cc1nn(C)cc1[C@@H]1C[C@H](C(=O)Nc2ccc3c(c2)OCO3)N(C)S(=O)(=O)N1. The van der Waals surface area contributed by atoms with Gasteiger partial charge in [0.05, 0.1) is 11.7 Å². The molecule has 150 valence electrons. The highest BCUT2D eigenvalue weighted by Gasteiger charge is 2.41. The first-order valence-electron chi connectivity index (χ1n) is 8.70. The zero-order valence-electron chi connectivity index (χ0n) is 15.7. The van der Waals surface area contributed by atoms with E-state index in [0.717, 1.165) is 15.6 Å². The van der Waals surface area contributed by atoms with Gasteiger partial charge >= 0.3 is 0 Å². The molecule has 0 spiro atoms. The van der Waals surface area contributed by atoms with E-state index in [-0.39, 0.29) is 13.2 Å². The van der Waals surface area contributed by atoms with E-state index in [1.807, 2.05) is 6.92 Å². The quantitative estimate of drug-likeness (QED) is 0.773. The maximum absolute atomic E-state index is 12.9. The first-order valence-corrected chi connectivity index (χ1v) is 10.1. The Morgan fingerprint density at radius 2 is 2.04 bits per heavy atom. The number of benzene rings is 1. The van der Waals surface area contributed by atoms with Crippen molar-refractivity contribution in [2.45, 2.75) is 25.4 Å². The number of nitrogens with one attached hydrogen (secondary N) is 2. The summed E-state index contributed by atoms with van der Waals surface area (Å²) in [6.45, 7) is 1.94. The molecule has 0 radical (unpaired) electrons. The van der Waals surface area contributed by atoms with Crippen LogP contribution in [0.25, 0.3) is 0 Å². The maximum Gasteiger partial charge on any atom is 0.280 e. The van der Waals surface area contributed by atoms with E-state index < -0.39 is 28.2 Å². The third-order valence-electron chi connectivity index (χ3n) is 4.94. The van der Waals surface area contributed by atoms with Gasteiger partial charge in [-0.1, -0.05) is 0 Å². The molecule has 0 unspecified atom stereocenters. The van der Waals surface area contributed by atoms with Crippen molar-refractivity contribution in [2.24, 2.45) is 7.05 Å². The average molecular weight is 407 g/mol. The number of likely N-dealkylation sites (N-methyl/N-ethyl adjacent to an activating group) is 1. The summed E-state index contributed by atoms with van der Waals surface area (Å²) in [6.07, 6.45) is 2.04. The molecular weight excluding hydrogens is 386 g/mol. The Morgan fingerprint density at radius 1 is 1.29 bits per heavy atom. The summed E-state index contributed by atoms with van der Waals surface area (Å²) >= 11 is 0. The number of aromatic nitrogens is 2. The zero-order valence-corrected chi connectivity index (χ0v) is 16.5. The van der Waals surface area contributed by atoms with Gasteiger partial charge in [0.25, 0.3) is 10.2 Å². The Kier molecular flexibility index (Phi) is 4.52. The van der Waals surface area contributed by atoms with Gasteiger partial charge in [0.2, 0.25) is 12.7 Å². The van der Waals surface area contributed by atoms with E-state index in [1.54, 1.807) is 36.1 Å². The number of carbonyl (C=O) groups excluding carboxylic acids is 1. The minimum absolute atomic E-state index is 0.133. The number of amides is 1. The van der Waals surface area contributed by atoms with Crippen LogP contribution in [0.4, 0.5) is 5.69 Å². The molecule has 2 atom stereocenters. The van der Waals surface area contributed by atoms with E-state index in [1.165, 1.54) is 7.05 Å². The van der Waals surface area contributed by atoms with Crippen LogP contribution >= 0.6 is 0 Å². The number of rotatable bonds is 3. The molecule has 2 aliphatic heterocycles. The van der Waals surface area contributed by atoms with Crippen molar-refractivity contribution in [1.29, 1.82) is 0 Å². The summed E-state index contributed by atoms with van der Waals surface area (Å²) in [5, 5.41) is 7.04. The van der Waals surface area contributed by atoms with E-state index in [0.29, 0.717) is 17.2 Å². The van der Waals surface area contributed by atoms with Gasteiger partial charge in [0.1, 0.15) is 6.04 Å². The second-order valence-corrected chi connectivity index (χ2v) is 8.61. The van der Waals surface area contributed by atoms with Crippen LogP contribution in [0, 0.1) is 6.92 Å². The van der Waals surface area contributed by atoms with Crippen LogP contribution < -0.4 is 19.5 Å². The monoisotopic (exact) mass is 407 g/mol. The Balaban J connectivity index is 1.57. The second kappa shape index (κ2) is 6.76. The first-order chi connectivity index (χ1) is 13.2. The van der Waals surface area contributed by atoms with Crippen molar-refractivity contribution < 1.29 is 22.7 Å². The summed E-state index contributed by atoms with van der Waals surface area (Å²) in [7, 11) is -0.666. The molecule has 1 fully saturated rings. The highest BCUT2D eigenvalue weighted by Crippen LogP contribution is 2.35. The Bertz CT molecular complexity index is 1030. The largest absolute Gasteiger partial charge is 0.454 e. The highest BCUT2D eigenvalue weighted by atomic mass is 32.2. The molecule has 1 saturated heterocycles. The fourth-order valence-corrected chi connectivity index (χ4v) is 4.74. The second-order valence-electron chi connectivity index (χ2n) is 6.84. The molecule has 1 amide bonds. The number of hydrogen-bond donors (Lipinski definition) is 2. The predicted molar refractivity (Wildman–Crippen MR) is 100 cm³/mol. The van der Waals surface area contributed by atoms with Crippen LogP contribution in [0.2, 0.25) is 0 Å². The van der Waals surface area contributed by atoms with Gasteiger partial charge in [-0.15, -0.1) is 0 Å². The molecule has 3 heterocycles. The fraction of sp³-hybridized carbons (Fsp3) is 0.412. The molecule has 2 aliphatic rings. The molecule has 0 saturated carbocycles. The lowest BCUT2D eigenvalue weighted by Gasteiger charge is -2.36. The van der Waals surface area contributed by atoms with Gasteiger partial charge in [-0.05, 0) is 25.5 Å². The molecule has 4 rings (SSSR count). The number of ether oxygens (including phenoxy) is 2. The topological polar surface area (TPSA) is 115 Å². The Morgan fingerprint density at radius 3 is 2.75 bits per heavy atom. The van der Waals surface area contributed by atoms with Crippen LogP contribution in [0.5, 0.6) is 11.5 Å². The lowest BCUT2D eigenvalue weighted by atomic mass is 10.00. The van der Waals surface area contributed by atoms with E-state index in [9.17, 15) is 13.2 Å². The van der Waals surface area contributed by atoms with E-state index in [2.05, 4.69) is 15.1 Å². The van der Waals surface area contributed by atoms with Crippen LogP contribution in [0.1, 0.15) is 23.7 Å². The number of carbonyl (C=O) groups is 1. The van der Waals surface area contributed by atoms with Gasteiger partial charge in [-0.25, -0.2) is 0 Å². The van der Waals surface area contributed by atoms with E-state index >= 15 is 0 Å². The van der Waals surface area contributed by atoms with E-state index in [4.69, 9.17) is 9.47 Å². The van der Waals surface area contributed by atoms with Gasteiger partial charge in [-0.2, -0.15) is 22.5 Å². The predicted octanol–water partition coefficient (Wildman–Crippen LogP) is 0.676. The van der Waals surface area contributed by atoms with Gasteiger partial charge in [0.15, 0.2) is 11.5 Å². The van der Waals surface area contributed by atoms with Crippen molar-refractivity contribution in [3.8, 4) is 11.5 Å². The average Bonchev–Trinajstić information content (AvgIpc) is 3.22. The smallest absolute Gasteiger partial charge is 0.280 e. The Labute approximate surface area is 162 Å². The number of aryl methyl sites for hydroxylation is 2. The van der Waals surface area contributed by atoms with Gasteiger partial charge in [0, 0.05) is 37.6 Å². The van der Waals surface area contributed by atoms with Crippen LogP contribution in [0.3, 0.4) is 0 Å². The summed E-state index contributed by atoms with van der Waals surface area (Å²) in [5.74, 6) is 0.720. The maximum atomic E-state index is 12.9. The highest BCUT2D eigenvalue weighted by molar-refractivity contribution is 7.87. The number of anilines is 1. The minimum Gasteiger partial charge on any atom is -0.454 e. The molecule has 10 nitrogen and oxygen atoms in total. The molecule has 0 bridgehead atoms. The lowest BCUT2D eigenvalue weighted by Crippen LogP contribution is -2.56. The molecule has 2 N–H and O–H groups in total. The molecule has 0 aliphatic carbocycles. The molecule has 1 aromatic heterocycles. The molecular formula is C17H21N5O5S. The van der Waals surface area contributed by atoms with Crippen molar-refractivity contribution in [3.05, 3.63) is 35.7 Å². The van der Waals surface area contributed by atoms with Gasteiger partial charge < -0.3 is 14.8 Å². The summed E-state index contributed by atoms with van der Waals surface area (Å²) in [4.78, 5) is 12.9. The minimum atomic E-state index is -3.82. The normalized spacial score (nSPS) is 23.5. The first kappa shape index (κ1) is 18.7. The summed E-state index contributed by atoms with van der Waals surface area (Å²) in [6, 6.07) is 3.62. The number of nitrogens with zero attached hydrogens (tertiary/aromatic N) is 3. The van der Waals surface area contributed by atoms with Gasteiger partial charge in [-0.3, -0.25) is 9.48 Å². The third-order valence-corrected chi connectivity index (χ3v) is 6.53. The zero-order chi connectivity index (χ0) is 20.1. The number of hydrogen-bond acceptors (Lipinski definition) is 6. The fourth-order valence-electron chi connectivity index (χ4n) is 3.47. The molecule has 1 aromatic carbocycles. The van der Waals surface area contributed by atoms with Crippen molar-refractivity contribution in [2.75, 3.05) is 19.2 Å². The molecule has 2 aromatic rings. The molecule has 11 heteroatoms. The van der Waals surface area contributed by atoms with Crippen LogP contribution in [-0.2, 0) is 22.1 Å². The van der Waals surface area contributed by atoms with Crippen LogP contribution in [0.15, 0.2) is 24.4 Å². The molecule has 28 heavy (non-hydrogen) atoms. The lowest BCUT2D eigenvalue weighted by molar-refractivity contribution is -0.120. The van der Waals surface area contributed by atoms with Crippen LogP contribution in [-0.4, -0.2) is 48.3 Å². The van der Waals surface area contributed by atoms with Crippen molar-refractivity contribution >= 4 is 21.8 Å². The van der Waals surface area contributed by atoms with Crippen molar-refractivity contribution in [1.82, 2.24) is 18.8 Å². The number of fused-ring (bicyclic) bond motifs is 1. The summed E-state index contributed by atoms with van der Waals surface area (Å²) < 4.78 is 41.0. The van der Waals surface area contributed by atoms with Crippen molar-refractivity contribution in [3.63, 3.8) is 0 Å². The summed E-state index contributed by atoms with van der Waals surface area (Å²) in [5.41, 5.74) is 1.97. The standard InChI is InChI=1S/C17H21N5O5S/c1-10-12(8-21(2)19-10)13-7-14(22(3)28(24,25)20-13)17(23)18-11-4-5-15-16(6-11)27-9-26-15/h4-6,8,13-14,20H,7,9H2,1-3H3,(H,18,23)/t13-,14+/m0/s1. The Hall–Kier alpha value is -2.63.